The van der Waals surface area contributed by atoms with Crippen LogP contribution in [0, 0.1) is 0 Å². The number of benzene rings is 2. The SMILES string of the molecule is CCCCC(O)(CCCC)c1ccccc1.CCCCC(O)(CCCC)c1ccccc1. The first kappa shape index (κ1) is 28.4. The van der Waals surface area contributed by atoms with E-state index in [9.17, 15) is 10.2 Å². The predicted octanol–water partition coefficient (Wildman–Crippen LogP) is 8.51. The van der Waals surface area contributed by atoms with Gasteiger partial charge in [-0.05, 0) is 36.8 Å². The van der Waals surface area contributed by atoms with Gasteiger partial charge < -0.3 is 10.2 Å². The van der Waals surface area contributed by atoms with Crippen LogP contribution in [-0.4, -0.2) is 10.2 Å². The van der Waals surface area contributed by atoms with Crippen LogP contribution in [0.25, 0.3) is 0 Å². The molecule has 0 radical (unpaired) electrons. The van der Waals surface area contributed by atoms with E-state index >= 15 is 0 Å². The van der Waals surface area contributed by atoms with Gasteiger partial charge in [-0.2, -0.15) is 0 Å². The molecule has 0 aliphatic rings. The second kappa shape index (κ2) is 16.0. The molecule has 180 valence electrons. The zero-order valence-corrected chi connectivity index (χ0v) is 21.2. The molecular formula is C30H48O2. The Hall–Kier alpha value is -1.64. The molecule has 0 fully saturated rings. The standard InChI is InChI=1S/2C15H24O/c2*1-3-5-12-15(16,13-6-4-2)14-10-8-7-9-11-14/h2*7-11,16H,3-6,12-13H2,1-2H3. The third kappa shape index (κ3) is 9.88. The van der Waals surface area contributed by atoms with Gasteiger partial charge >= 0.3 is 0 Å². The highest BCUT2D eigenvalue weighted by Crippen LogP contribution is 2.33. The third-order valence-electron chi connectivity index (χ3n) is 6.40. The molecule has 32 heavy (non-hydrogen) atoms. The van der Waals surface area contributed by atoms with Gasteiger partial charge in [-0.25, -0.2) is 0 Å². The highest BCUT2D eigenvalue weighted by Gasteiger charge is 2.28. The Morgan fingerprint density at radius 3 is 0.938 bits per heavy atom. The molecule has 2 rings (SSSR count). The monoisotopic (exact) mass is 440 g/mol. The van der Waals surface area contributed by atoms with E-state index in [1.165, 1.54) is 0 Å². The summed E-state index contributed by atoms with van der Waals surface area (Å²) < 4.78 is 0. The average molecular weight is 441 g/mol. The molecule has 2 aromatic rings. The molecule has 0 aliphatic carbocycles. The molecule has 0 spiro atoms. The lowest BCUT2D eigenvalue weighted by atomic mass is 9.84. The van der Waals surface area contributed by atoms with E-state index in [2.05, 4.69) is 27.7 Å². The summed E-state index contributed by atoms with van der Waals surface area (Å²) in [6.07, 6.45) is 12.5. The number of hydrogen-bond donors (Lipinski definition) is 2. The first-order valence-corrected chi connectivity index (χ1v) is 13.0. The largest absolute Gasteiger partial charge is 0.385 e. The topological polar surface area (TPSA) is 40.5 Å². The van der Waals surface area contributed by atoms with Crippen molar-refractivity contribution in [2.75, 3.05) is 0 Å². The van der Waals surface area contributed by atoms with E-state index in [0.29, 0.717) is 0 Å². The van der Waals surface area contributed by atoms with Crippen LogP contribution in [0.2, 0.25) is 0 Å². The Morgan fingerprint density at radius 1 is 0.469 bits per heavy atom. The Kier molecular flexibility index (Phi) is 14.2. The van der Waals surface area contributed by atoms with E-state index in [1.54, 1.807) is 0 Å². The number of rotatable bonds is 14. The maximum absolute atomic E-state index is 10.7. The minimum atomic E-state index is -0.604. The van der Waals surface area contributed by atoms with Gasteiger partial charge in [0.25, 0.3) is 0 Å². The fraction of sp³-hybridized carbons (Fsp3) is 0.600. The summed E-state index contributed by atoms with van der Waals surface area (Å²) in [6, 6.07) is 20.2. The van der Waals surface area contributed by atoms with Crippen molar-refractivity contribution in [2.45, 2.75) is 116 Å². The van der Waals surface area contributed by atoms with Crippen LogP contribution >= 0.6 is 0 Å². The van der Waals surface area contributed by atoms with Crippen molar-refractivity contribution in [3.05, 3.63) is 71.8 Å². The Balaban J connectivity index is 0.000000320. The van der Waals surface area contributed by atoms with Crippen LogP contribution in [-0.2, 0) is 11.2 Å². The first-order valence-electron chi connectivity index (χ1n) is 13.0. The summed E-state index contributed by atoms with van der Waals surface area (Å²) in [7, 11) is 0. The molecule has 2 nitrogen and oxygen atoms in total. The van der Waals surface area contributed by atoms with Crippen molar-refractivity contribution < 1.29 is 10.2 Å². The van der Waals surface area contributed by atoms with Crippen LogP contribution in [0.1, 0.15) is 116 Å². The van der Waals surface area contributed by atoms with Crippen molar-refractivity contribution in [2.24, 2.45) is 0 Å². The molecule has 2 N–H and O–H groups in total. The smallest absolute Gasteiger partial charge is 0.0896 e. The van der Waals surface area contributed by atoms with Gasteiger partial charge in [-0.15, -0.1) is 0 Å². The Bertz CT molecular complexity index is 603. The summed E-state index contributed by atoms with van der Waals surface area (Å²) in [5.41, 5.74) is 0.953. The highest BCUT2D eigenvalue weighted by atomic mass is 16.3. The maximum Gasteiger partial charge on any atom is 0.0896 e. The summed E-state index contributed by atoms with van der Waals surface area (Å²) >= 11 is 0. The van der Waals surface area contributed by atoms with Gasteiger partial charge in [-0.3, -0.25) is 0 Å². The molecule has 0 heterocycles. The number of hydrogen-bond acceptors (Lipinski definition) is 2. The number of aliphatic hydroxyl groups is 2. The minimum absolute atomic E-state index is 0.604. The minimum Gasteiger partial charge on any atom is -0.385 e. The molecule has 2 heteroatoms. The van der Waals surface area contributed by atoms with Crippen molar-refractivity contribution in [1.29, 1.82) is 0 Å². The van der Waals surface area contributed by atoms with Crippen molar-refractivity contribution in [3.63, 3.8) is 0 Å². The molecule has 0 amide bonds. The summed E-state index contributed by atoms with van der Waals surface area (Å²) in [6.45, 7) is 8.69. The van der Waals surface area contributed by atoms with Crippen LogP contribution < -0.4 is 0 Å². The van der Waals surface area contributed by atoms with Gasteiger partial charge in [0.15, 0.2) is 0 Å². The van der Waals surface area contributed by atoms with Crippen molar-refractivity contribution in [3.8, 4) is 0 Å². The summed E-state index contributed by atoms with van der Waals surface area (Å²) in [4.78, 5) is 0. The quantitative estimate of drug-likeness (QED) is 0.309. The molecular weight excluding hydrogens is 392 g/mol. The maximum atomic E-state index is 10.7. The summed E-state index contributed by atoms with van der Waals surface area (Å²) in [5, 5.41) is 21.5. The van der Waals surface area contributed by atoms with E-state index in [-0.39, 0.29) is 0 Å². The zero-order valence-electron chi connectivity index (χ0n) is 21.2. The van der Waals surface area contributed by atoms with E-state index in [1.807, 2.05) is 60.7 Å². The number of unbranched alkanes of at least 4 members (excludes halogenated alkanes) is 4. The first-order chi connectivity index (χ1) is 15.5. The molecule has 0 atom stereocenters. The second-order valence-corrected chi connectivity index (χ2v) is 9.21. The van der Waals surface area contributed by atoms with Crippen LogP contribution in [0.5, 0.6) is 0 Å². The van der Waals surface area contributed by atoms with E-state index < -0.39 is 11.2 Å². The fourth-order valence-electron chi connectivity index (χ4n) is 4.20. The van der Waals surface area contributed by atoms with Gasteiger partial charge in [0.1, 0.15) is 0 Å². The third-order valence-corrected chi connectivity index (χ3v) is 6.40. The lowest BCUT2D eigenvalue weighted by Gasteiger charge is -2.28. The Labute approximate surface area is 198 Å². The predicted molar refractivity (Wildman–Crippen MR) is 139 cm³/mol. The van der Waals surface area contributed by atoms with Crippen LogP contribution in [0.15, 0.2) is 60.7 Å². The van der Waals surface area contributed by atoms with Crippen molar-refractivity contribution >= 4 is 0 Å². The molecule has 0 bridgehead atoms. The van der Waals surface area contributed by atoms with Gasteiger partial charge in [0.2, 0.25) is 0 Å². The van der Waals surface area contributed by atoms with E-state index in [4.69, 9.17) is 0 Å². The van der Waals surface area contributed by atoms with Gasteiger partial charge in [0, 0.05) is 0 Å². The molecule has 0 aromatic heterocycles. The molecule has 0 saturated heterocycles. The molecule has 0 saturated carbocycles. The molecule has 0 unspecified atom stereocenters. The van der Waals surface area contributed by atoms with Crippen molar-refractivity contribution in [1.82, 2.24) is 0 Å². The second-order valence-electron chi connectivity index (χ2n) is 9.21. The normalized spacial score (nSPS) is 11.7. The van der Waals surface area contributed by atoms with Gasteiger partial charge in [0.05, 0.1) is 11.2 Å². The lowest BCUT2D eigenvalue weighted by Crippen LogP contribution is -2.25. The summed E-state index contributed by atoms with van der Waals surface area (Å²) in [5.74, 6) is 0. The lowest BCUT2D eigenvalue weighted by molar-refractivity contribution is 0.0138. The Morgan fingerprint density at radius 2 is 0.719 bits per heavy atom. The highest BCUT2D eigenvalue weighted by molar-refractivity contribution is 5.23. The van der Waals surface area contributed by atoms with Crippen LogP contribution in [0.4, 0.5) is 0 Å². The molecule has 0 aliphatic heterocycles. The molecule has 2 aromatic carbocycles. The average Bonchev–Trinajstić information content (AvgIpc) is 2.85. The van der Waals surface area contributed by atoms with Gasteiger partial charge in [-0.1, -0.05) is 140 Å². The fourth-order valence-corrected chi connectivity index (χ4v) is 4.20. The zero-order chi connectivity index (χ0) is 23.7. The van der Waals surface area contributed by atoms with Crippen LogP contribution in [0.3, 0.4) is 0 Å². The van der Waals surface area contributed by atoms with E-state index in [0.717, 1.165) is 88.2 Å².